The number of aromatic nitrogens is 2. The number of rotatable bonds is 0. The third-order valence-corrected chi connectivity index (χ3v) is 2.64. The molecule has 0 radical (unpaired) electrons. The van der Waals surface area contributed by atoms with Gasteiger partial charge in [0.05, 0.1) is 34.9 Å². The lowest BCUT2D eigenvalue weighted by Gasteiger charge is -2.11. The van der Waals surface area contributed by atoms with Crippen molar-refractivity contribution in [3.05, 3.63) is 17.5 Å². The molecular weight excluding hydrogens is 232 g/mol. The molecule has 0 bridgehead atoms. The van der Waals surface area contributed by atoms with E-state index in [9.17, 15) is 0 Å². The van der Waals surface area contributed by atoms with Crippen LogP contribution in [0, 0.1) is 13.8 Å². The van der Waals surface area contributed by atoms with Gasteiger partial charge in [-0.15, -0.1) is 0 Å². The first-order valence-corrected chi connectivity index (χ1v) is 4.91. The monoisotopic (exact) mass is 242 g/mol. The van der Waals surface area contributed by atoms with Crippen molar-refractivity contribution >= 4 is 22.1 Å². The molecule has 2 rings (SSSR count). The molecule has 0 atom stereocenters. The summed E-state index contributed by atoms with van der Waals surface area (Å²) < 4.78 is 3.80. The number of aliphatic imine (C=N–C) groups is 1. The van der Waals surface area contributed by atoms with Crippen molar-refractivity contribution in [1.29, 1.82) is 0 Å². The quantitative estimate of drug-likeness (QED) is 0.644. The van der Waals surface area contributed by atoms with Crippen LogP contribution in [0.2, 0.25) is 0 Å². The average Bonchev–Trinajstić information content (AvgIpc) is 2.58. The minimum atomic E-state index is 0.832. The maximum Gasteiger partial charge on any atom is 0.232 e. The largest absolute Gasteiger partial charge is 0.275 e. The van der Waals surface area contributed by atoms with Gasteiger partial charge in [0.15, 0.2) is 0 Å². The molecule has 5 heteroatoms. The zero-order valence-corrected chi connectivity index (χ0v) is 9.24. The Kier molecular flexibility index (Phi) is 2.11. The Hall–Kier alpha value is -0.840. The van der Waals surface area contributed by atoms with Crippen LogP contribution in [0.4, 0.5) is 0 Å². The van der Waals surface area contributed by atoms with Gasteiger partial charge in [-0.25, -0.2) is 9.67 Å². The Labute approximate surface area is 85.6 Å². The second-order valence-electron chi connectivity index (χ2n) is 3.11. The highest BCUT2D eigenvalue weighted by Gasteiger charge is 2.18. The third kappa shape index (κ3) is 1.48. The Morgan fingerprint density at radius 3 is 2.69 bits per heavy atom. The van der Waals surface area contributed by atoms with Gasteiger partial charge in [0.25, 0.3) is 0 Å². The smallest absolute Gasteiger partial charge is 0.232 e. The molecule has 1 aliphatic rings. The number of aryl methyl sites for hydroxylation is 2. The number of nitrogens with zero attached hydrogens (tertiary/aromatic N) is 4. The summed E-state index contributed by atoms with van der Waals surface area (Å²) in [6, 6.07) is 2.04. The summed E-state index contributed by atoms with van der Waals surface area (Å²) in [5.41, 5.74) is 2.13. The van der Waals surface area contributed by atoms with Gasteiger partial charge in [-0.05, 0) is 19.9 Å². The highest BCUT2D eigenvalue weighted by molar-refractivity contribution is 9.07. The first-order chi connectivity index (χ1) is 6.18. The fraction of sp³-hybridized carbons (Fsp3) is 0.500. The van der Waals surface area contributed by atoms with Crippen LogP contribution < -0.4 is 0 Å². The summed E-state index contributed by atoms with van der Waals surface area (Å²) in [6.07, 6.45) is 0. The second kappa shape index (κ2) is 3.14. The van der Waals surface area contributed by atoms with Gasteiger partial charge < -0.3 is 0 Å². The van der Waals surface area contributed by atoms with Gasteiger partial charge in [0.2, 0.25) is 5.96 Å². The van der Waals surface area contributed by atoms with Crippen LogP contribution in [0.5, 0.6) is 0 Å². The topological polar surface area (TPSA) is 33.4 Å². The van der Waals surface area contributed by atoms with Crippen molar-refractivity contribution in [3.8, 4) is 0 Å². The Balaban J connectivity index is 2.40. The standard InChI is InChI=1S/C8H11BrN4/c1-6-5-7(2)13(11-6)8-10-3-4-12(8)9/h5H,3-4H2,1-2H3. The van der Waals surface area contributed by atoms with E-state index in [1.165, 1.54) is 0 Å². The van der Waals surface area contributed by atoms with E-state index in [2.05, 4.69) is 26.2 Å². The molecule has 0 N–H and O–H groups in total. The molecule has 1 aliphatic heterocycles. The highest BCUT2D eigenvalue weighted by atomic mass is 79.9. The molecule has 0 fully saturated rings. The maximum absolute atomic E-state index is 4.36. The molecule has 0 aromatic carbocycles. The average molecular weight is 243 g/mol. The van der Waals surface area contributed by atoms with Gasteiger partial charge in [-0.2, -0.15) is 5.10 Å². The van der Waals surface area contributed by atoms with Crippen LogP contribution in [0.15, 0.2) is 11.1 Å². The van der Waals surface area contributed by atoms with Crippen LogP contribution in [0.1, 0.15) is 11.4 Å². The van der Waals surface area contributed by atoms with E-state index < -0.39 is 0 Å². The number of hydrogen-bond acceptors (Lipinski definition) is 3. The maximum atomic E-state index is 4.36. The van der Waals surface area contributed by atoms with E-state index >= 15 is 0 Å². The van der Waals surface area contributed by atoms with Crippen molar-refractivity contribution in [2.45, 2.75) is 13.8 Å². The van der Waals surface area contributed by atoms with Gasteiger partial charge in [0.1, 0.15) is 0 Å². The Morgan fingerprint density at radius 2 is 2.23 bits per heavy atom. The molecule has 0 saturated carbocycles. The number of halogens is 1. The third-order valence-electron chi connectivity index (χ3n) is 1.97. The summed E-state index contributed by atoms with van der Waals surface area (Å²) in [4.78, 5) is 4.36. The summed E-state index contributed by atoms with van der Waals surface area (Å²) >= 11 is 3.43. The van der Waals surface area contributed by atoms with Gasteiger partial charge in [-0.3, -0.25) is 3.93 Å². The molecule has 2 heterocycles. The first kappa shape index (κ1) is 8.74. The number of hydrogen-bond donors (Lipinski definition) is 0. The van der Waals surface area contributed by atoms with E-state index in [1.54, 1.807) is 0 Å². The van der Waals surface area contributed by atoms with E-state index in [4.69, 9.17) is 0 Å². The minimum Gasteiger partial charge on any atom is -0.275 e. The molecule has 1 aromatic heterocycles. The zero-order chi connectivity index (χ0) is 9.42. The molecule has 4 nitrogen and oxygen atoms in total. The van der Waals surface area contributed by atoms with Crippen LogP contribution in [0.3, 0.4) is 0 Å². The van der Waals surface area contributed by atoms with Crippen molar-refractivity contribution in [3.63, 3.8) is 0 Å². The van der Waals surface area contributed by atoms with Gasteiger partial charge in [-0.1, -0.05) is 0 Å². The molecular formula is C8H11BrN4. The fourth-order valence-electron chi connectivity index (χ4n) is 1.42. The van der Waals surface area contributed by atoms with E-state index in [-0.39, 0.29) is 0 Å². The fourth-order valence-corrected chi connectivity index (χ4v) is 1.84. The molecule has 0 unspecified atom stereocenters. The van der Waals surface area contributed by atoms with Gasteiger partial charge in [0, 0.05) is 5.69 Å². The highest BCUT2D eigenvalue weighted by Crippen LogP contribution is 2.11. The lowest BCUT2D eigenvalue weighted by molar-refractivity contribution is 0.707. The van der Waals surface area contributed by atoms with Crippen molar-refractivity contribution in [2.75, 3.05) is 13.1 Å². The Morgan fingerprint density at radius 1 is 1.46 bits per heavy atom. The van der Waals surface area contributed by atoms with Crippen LogP contribution >= 0.6 is 16.1 Å². The van der Waals surface area contributed by atoms with Crippen molar-refractivity contribution < 1.29 is 0 Å². The van der Waals surface area contributed by atoms with Crippen molar-refractivity contribution in [1.82, 2.24) is 13.7 Å². The predicted molar refractivity (Wildman–Crippen MR) is 55.0 cm³/mol. The first-order valence-electron chi connectivity index (χ1n) is 4.20. The second-order valence-corrected chi connectivity index (χ2v) is 3.96. The van der Waals surface area contributed by atoms with Crippen LogP contribution in [-0.4, -0.2) is 32.8 Å². The summed E-state index contributed by atoms with van der Waals surface area (Å²) in [6.45, 7) is 5.76. The van der Waals surface area contributed by atoms with Crippen LogP contribution in [0.25, 0.3) is 0 Å². The normalized spacial score (nSPS) is 16.5. The Bertz CT molecular complexity index is 355. The van der Waals surface area contributed by atoms with E-state index in [1.807, 2.05) is 28.5 Å². The van der Waals surface area contributed by atoms with Crippen LogP contribution in [-0.2, 0) is 0 Å². The SMILES string of the molecule is Cc1cc(C)n(C2=NCCN2Br)n1. The summed E-state index contributed by atoms with van der Waals surface area (Å²) in [7, 11) is 0. The van der Waals surface area contributed by atoms with Gasteiger partial charge >= 0.3 is 0 Å². The lowest BCUT2D eigenvalue weighted by atomic mass is 10.4. The molecule has 0 aliphatic carbocycles. The molecule has 0 spiro atoms. The minimum absolute atomic E-state index is 0.832. The van der Waals surface area contributed by atoms with E-state index in [0.717, 1.165) is 30.4 Å². The predicted octanol–water partition coefficient (Wildman–Crippen LogP) is 1.33. The lowest BCUT2D eigenvalue weighted by Crippen LogP contribution is -2.25. The zero-order valence-electron chi connectivity index (χ0n) is 7.66. The molecule has 70 valence electrons. The molecule has 1 aromatic rings. The molecule has 13 heavy (non-hydrogen) atoms. The van der Waals surface area contributed by atoms with E-state index in [0.29, 0.717) is 0 Å². The molecule has 0 saturated heterocycles. The summed E-state index contributed by atoms with van der Waals surface area (Å²) in [5, 5.41) is 4.36. The molecule has 0 amide bonds. The summed E-state index contributed by atoms with van der Waals surface area (Å²) in [5.74, 6) is 0.880. The van der Waals surface area contributed by atoms with Crippen molar-refractivity contribution in [2.24, 2.45) is 4.99 Å².